The molecule has 108 valence electrons. The van der Waals surface area contributed by atoms with Crippen molar-refractivity contribution in [3.05, 3.63) is 35.2 Å². The molecule has 1 saturated heterocycles. The van der Waals surface area contributed by atoms with E-state index >= 15 is 0 Å². The lowest BCUT2D eigenvalue weighted by molar-refractivity contribution is 0.0626. The number of likely N-dealkylation sites (tertiary alicyclic amines) is 1. The molecule has 1 unspecified atom stereocenters. The van der Waals surface area contributed by atoms with Crippen LogP contribution in [-0.2, 0) is 0 Å². The minimum absolute atomic E-state index is 0. The summed E-state index contributed by atoms with van der Waals surface area (Å²) >= 11 is 1.64. The average molecular weight is 311 g/mol. The SMILES string of the molecule is Cl.NCC1CCCCN1C(=O)c1csc2ccccc12. The predicted octanol–water partition coefficient (Wildman–Crippen LogP) is 3.28. The standard InChI is InChI=1S/C15H18N2OS.ClH/c16-9-11-5-3-4-8-17(11)15(18)13-10-19-14-7-2-1-6-12(13)14;/h1-2,6-7,10-11H,3-5,8-9,16H2;1H. The van der Waals surface area contributed by atoms with Gasteiger partial charge in [-0.25, -0.2) is 0 Å². The summed E-state index contributed by atoms with van der Waals surface area (Å²) in [6.07, 6.45) is 3.30. The number of thiophene rings is 1. The van der Waals surface area contributed by atoms with Gasteiger partial charge in [0.05, 0.1) is 5.56 Å². The van der Waals surface area contributed by atoms with Crippen molar-refractivity contribution >= 4 is 39.7 Å². The van der Waals surface area contributed by atoms with Crippen LogP contribution in [0.4, 0.5) is 0 Å². The number of nitrogens with two attached hydrogens (primary N) is 1. The lowest BCUT2D eigenvalue weighted by atomic mass is 10.0. The third kappa shape index (κ3) is 2.68. The van der Waals surface area contributed by atoms with Crippen molar-refractivity contribution in [2.45, 2.75) is 25.3 Å². The summed E-state index contributed by atoms with van der Waals surface area (Å²) in [5.41, 5.74) is 6.64. The molecule has 0 spiro atoms. The number of nitrogens with zero attached hydrogens (tertiary/aromatic N) is 1. The maximum Gasteiger partial charge on any atom is 0.255 e. The second-order valence-electron chi connectivity index (χ2n) is 5.03. The van der Waals surface area contributed by atoms with Crippen LogP contribution in [0.5, 0.6) is 0 Å². The second-order valence-corrected chi connectivity index (χ2v) is 5.94. The Morgan fingerprint density at radius 3 is 2.95 bits per heavy atom. The summed E-state index contributed by atoms with van der Waals surface area (Å²) in [4.78, 5) is 14.7. The van der Waals surface area contributed by atoms with Crippen molar-refractivity contribution < 1.29 is 4.79 Å². The number of hydrogen-bond donors (Lipinski definition) is 1. The zero-order valence-electron chi connectivity index (χ0n) is 11.2. The maximum absolute atomic E-state index is 12.7. The molecule has 2 N–H and O–H groups in total. The third-order valence-corrected chi connectivity index (χ3v) is 4.83. The number of halogens is 1. The zero-order valence-corrected chi connectivity index (χ0v) is 12.9. The highest BCUT2D eigenvalue weighted by molar-refractivity contribution is 7.17. The Morgan fingerprint density at radius 2 is 2.15 bits per heavy atom. The maximum atomic E-state index is 12.7. The van der Waals surface area contributed by atoms with E-state index in [1.807, 2.05) is 28.5 Å². The molecule has 0 radical (unpaired) electrons. The number of rotatable bonds is 2. The fourth-order valence-electron chi connectivity index (χ4n) is 2.81. The molecule has 0 aliphatic carbocycles. The molecule has 2 aromatic rings. The summed E-state index contributed by atoms with van der Waals surface area (Å²) < 4.78 is 1.17. The van der Waals surface area contributed by atoms with Crippen LogP contribution in [0.25, 0.3) is 10.1 Å². The molecule has 1 amide bonds. The zero-order chi connectivity index (χ0) is 13.2. The van der Waals surface area contributed by atoms with Gasteiger partial charge >= 0.3 is 0 Å². The highest BCUT2D eigenvalue weighted by Crippen LogP contribution is 2.28. The number of benzene rings is 1. The normalized spacial score (nSPS) is 18.9. The van der Waals surface area contributed by atoms with Crippen LogP contribution < -0.4 is 5.73 Å². The Bertz CT molecular complexity index is 598. The van der Waals surface area contributed by atoms with Gasteiger partial charge in [-0.05, 0) is 25.3 Å². The molecule has 1 aromatic heterocycles. The van der Waals surface area contributed by atoms with Crippen molar-refractivity contribution in [2.75, 3.05) is 13.1 Å². The predicted molar refractivity (Wildman–Crippen MR) is 86.8 cm³/mol. The molecule has 20 heavy (non-hydrogen) atoms. The van der Waals surface area contributed by atoms with Gasteiger partial charge in [-0.2, -0.15) is 0 Å². The quantitative estimate of drug-likeness (QED) is 0.925. The van der Waals surface area contributed by atoms with E-state index in [0.717, 1.165) is 30.3 Å². The van der Waals surface area contributed by atoms with Crippen LogP contribution in [0, 0.1) is 0 Å². The Kier molecular flexibility index (Phi) is 5.02. The number of carbonyl (C=O) groups excluding carboxylic acids is 1. The van der Waals surface area contributed by atoms with Gasteiger partial charge in [0.1, 0.15) is 0 Å². The lowest BCUT2D eigenvalue weighted by Gasteiger charge is -2.35. The lowest BCUT2D eigenvalue weighted by Crippen LogP contribution is -2.47. The molecule has 1 aliphatic heterocycles. The molecule has 2 heterocycles. The Morgan fingerprint density at radius 1 is 1.35 bits per heavy atom. The van der Waals surface area contributed by atoms with Crippen molar-refractivity contribution in [3.8, 4) is 0 Å². The molecule has 1 atom stereocenters. The van der Waals surface area contributed by atoms with Gasteiger partial charge in [0.2, 0.25) is 0 Å². The number of amides is 1. The Balaban J connectivity index is 0.00000147. The van der Waals surface area contributed by atoms with E-state index < -0.39 is 0 Å². The van der Waals surface area contributed by atoms with Crippen molar-refractivity contribution in [3.63, 3.8) is 0 Å². The van der Waals surface area contributed by atoms with Crippen molar-refractivity contribution in [2.24, 2.45) is 5.73 Å². The van der Waals surface area contributed by atoms with Crippen molar-refractivity contribution in [1.29, 1.82) is 0 Å². The topological polar surface area (TPSA) is 46.3 Å². The fraction of sp³-hybridized carbons (Fsp3) is 0.400. The minimum Gasteiger partial charge on any atom is -0.334 e. The molecule has 3 nitrogen and oxygen atoms in total. The molecular formula is C15H19ClN2OS. The highest BCUT2D eigenvalue weighted by atomic mass is 35.5. The smallest absolute Gasteiger partial charge is 0.255 e. The van der Waals surface area contributed by atoms with E-state index in [1.165, 1.54) is 11.1 Å². The van der Waals surface area contributed by atoms with E-state index in [2.05, 4.69) is 6.07 Å². The highest BCUT2D eigenvalue weighted by Gasteiger charge is 2.27. The van der Waals surface area contributed by atoms with Crippen LogP contribution in [0.15, 0.2) is 29.6 Å². The first-order valence-electron chi connectivity index (χ1n) is 6.78. The van der Waals surface area contributed by atoms with Crippen LogP contribution >= 0.6 is 23.7 Å². The average Bonchev–Trinajstić information content (AvgIpc) is 2.90. The molecule has 1 aromatic carbocycles. The summed E-state index contributed by atoms with van der Waals surface area (Å²) in [5, 5.41) is 3.05. The first-order chi connectivity index (χ1) is 9.31. The molecule has 1 aliphatic rings. The summed E-state index contributed by atoms with van der Waals surface area (Å²) in [6.45, 7) is 1.40. The monoisotopic (exact) mass is 310 g/mol. The van der Waals surface area contributed by atoms with E-state index in [4.69, 9.17) is 5.73 Å². The first-order valence-corrected chi connectivity index (χ1v) is 7.66. The number of piperidine rings is 1. The van der Waals surface area contributed by atoms with E-state index in [9.17, 15) is 4.79 Å². The van der Waals surface area contributed by atoms with Gasteiger partial charge in [-0.15, -0.1) is 23.7 Å². The molecule has 0 bridgehead atoms. The third-order valence-electron chi connectivity index (χ3n) is 3.87. The molecule has 0 saturated carbocycles. The van der Waals surface area contributed by atoms with Crippen LogP contribution in [0.3, 0.4) is 0 Å². The second kappa shape index (κ2) is 6.57. The van der Waals surface area contributed by atoms with Gasteiger partial charge < -0.3 is 10.6 Å². The van der Waals surface area contributed by atoms with Gasteiger partial charge in [-0.1, -0.05) is 18.2 Å². The molecule has 5 heteroatoms. The first kappa shape index (κ1) is 15.3. The van der Waals surface area contributed by atoms with Gasteiger partial charge in [-0.3, -0.25) is 4.79 Å². The fourth-order valence-corrected chi connectivity index (χ4v) is 3.75. The Hall–Kier alpha value is -1.10. The molecular weight excluding hydrogens is 292 g/mol. The van der Waals surface area contributed by atoms with E-state index in [-0.39, 0.29) is 24.4 Å². The van der Waals surface area contributed by atoms with Crippen LogP contribution in [-0.4, -0.2) is 29.9 Å². The van der Waals surface area contributed by atoms with Gasteiger partial charge in [0.15, 0.2) is 0 Å². The summed E-state index contributed by atoms with van der Waals surface area (Å²) in [5.74, 6) is 0.146. The Labute approximate surface area is 129 Å². The number of fused-ring (bicyclic) bond motifs is 1. The summed E-state index contributed by atoms with van der Waals surface area (Å²) in [7, 11) is 0. The van der Waals surface area contributed by atoms with Gasteiger partial charge in [0.25, 0.3) is 5.91 Å². The molecule has 1 fully saturated rings. The number of hydrogen-bond acceptors (Lipinski definition) is 3. The van der Waals surface area contributed by atoms with Gasteiger partial charge in [0, 0.05) is 34.6 Å². The van der Waals surface area contributed by atoms with E-state index in [1.54, 1.807) is 11.3 Å². The number of carbonyl (C=O) groups is 1. The molecule has 3 rings (SSSR count). The van der Waals surface area contributed by atoms with Crippen molar-refractivity contribution in [1.82, 2.24) is 4.90 Å². The van der Waals surface area contributed by atoms with E-state index in [0.29, 0.717) is 6.54 Å². The van der Waals surface area contributed by atoms with Crippen LogP contribution in [0.2, 0.25) is 0 Å². The minimum atomic E-state index is 0. The summed E-state index contributed by atoms with van der Waals surface area (Å²) in [6, 6.07) is 8.30. The van der Waals surface area contributed by atoms with Crippen LogP contribution in [0.1, 0.15) is 29.6 Å². The largest absolute Gasteiger partial charge is 0.334 e.